The van der Waals surface area contributed by atoms with E-state index in [1.54, 1.807) is 0 Å². The van der Waals surface area contributed by atoms with Gasteiger partial charge in [0.25, 0.3) is 9.05 Å². The Hall–Kier alpha value is -1.21. The van der Waals surface area contributed by atoms with Gasteiger partial charge in [-0.3, -0.25) is 4.79 Å². The van der Waals surface area contributed by atoms with Crippen molar-refractivity contribution in [2.45, 2.75) is 17.7 Å². The van der Waals surface area contributed by atoms with Crippen molar-refractivity contribution >= 4 is 31.3 Å². The zero-order chi connectivity index (χ0) is 13.5. The van der Waals surface area contributed by atoms with E-state index in [2.05, 4.69) is 5.32 Å². The first-order valence-electron chi connectivity index (χ1n) is 5.03. The van der Waals surface area contributed by atoms with E-state index in [0.29, 0.717) is 0 Å². The van der Waals surface area contributed by atoms with Crippen LogP contribution in [0.2, 0.25) is 0 Å². The standard InChI is InChI=1S/C10H8ClF2NO3S/c11-18(16,17)9-7(12)3-6(4-8(9)13)14-10(15)5-1-2-5/h3-5H,1-2H2,(H,14,15). The summed E-state index contributed by atoms with van der Waals surface area (Å²) in [5.41, 5.74) is -0.133. The maximum atomic E-state index is 13.4. The van der Waals surface area contributed by atoms with Gasteiger partial charge in [0.05, 0.1) is 0 Å². The van der Waals surface area contributed by atoms with Gasteiger partial charge in [0.1, 0.15) is 11.6 Å². The molecule has 8 heteroatoms. The van der Waals surface area contributed by atoms with Crippen molar-refractivity contribution in [3.05, 3.63) is 23.8 Å². The van der Waals surface area contributed by atoms with Gasteiger partial charge in [0, 0.05) is 22.3 Å². The summed E-state index contributed by atoms with van der Waals surface area (Å²) < 4.78 is 48.7. The molecule has 0 aliphatic heterocycles. The summed E-state index contributed by atoms with van der Waals surface area (Å²) in [5, 5.41) is 2.31. The number of rotatable bonds is 3. The second-order valence-corrected chi connectivity index (χ2v) is 6.47. The van der Waals surface area contributed by atoms with Crippen LogP contribution in [0.5, 0.6) is 0 Å². The Morgan fingerprint density at radius 3 is 2.17 bits per heavy atom. The van der Waals surface area contributed by atoms with Gasteiger partial charge in [-0.15, -0.1) is 0 Å². The second-order valence-electron chi connectivity index (χ2n) is 3.97. The third kappa shape index (κ3) is 2.78. The number of benzene rings is 1. The zero-order valence-electron chi connectivity index (χ0n) is 8.91. The third-order valence-corrected chi connectivity index (χ3v) is 3.80. The number of carbonyl (C=O) groups is 1. The van der Waals surface area contributed by atoms with Crippen LogP contribution >= 0.6 is 10.7 Å². The van der Waals surface area contributed by atoms with E-state index in [9.17, 15) is 22.0 Å². The molecule has 0 radical (unpaired) electrons. The SMILES string of the molecule is O=C(Nc1cc(F)c(S(=O)(=O)Cl)c(F)c1)C1CC1. The minimum Gasteiger partial charge on any atom is -0.326 e. The van der Waals surface area contributed by atoms with Crippen LogP contribution in [0.3, 0.4) is 0 Å². The highest BCUT2D eigenvalue weighted by Crippen LogP contribution is 2.31. The lowest BCUT2D eigenvalue weighted by atomic mass is 10.2. The number of hydrogen-bond donors (Lipinski definition) is 1. The summed E-state index contributed by atoms with van der Waals surface area (Å²) in [4.78, 5) is 10.2. The molecule has 18 heavy (non-hydrogen) atoms. The van der Waals surface area contributed by atoms with E-state index < -0.39 is 25.6 Å². The number of amides is 1. The van der Waals surface area contributed by atoms with E-state index >= 15 is 0 Å². The Kier molecular flexibility index (Phi) is 3.29. The molecule has 1 saturated carbocycles. The van der Waals surface area contributed by atoms with Crippen LogP contribution in [-0.4, -0.2) is 14.3 Å². The molecule has 98 valence electrons. The van der Waals surface area contributed by atoms with Gasteiger partial charge < -0.3 is 5.32 Å². The van der Waals surface area contributed by atoms with E-state index in [1.807, 2.05) is 0 Å². The molecule has 1 aliphatic carbocycles. The minimum absolute atomic E-state index is 0.132. The van der Waals surface area contributed by atoms with Gasteiger partial charge in [0.2, 0.25) is 5.91 Å². The molecule has 4 nitrogen and oxygen atoms in total. The summed E-state index contributed by atoms with van der Waals surface area (Å²) in [6, 6.07) is 1.44. The summed E-state index contributed by atoms with van der Waals surface area (Å²) in [5.74, 6) is -3.14. The fraction of sp³-hybridized carbons (Fsp3) is 0.300. The van der Waals surface area contributed by atoms with Gasteiger partial charge in [0.15, 0.2) is 4.90 Å². The van der Waals surface area contributed by atoms with E-state index in [-0.39, 0.29) is 17.5 Å². The van der Waals surface area contributed by atoms with Crippen molar-refractivity contribution in [3.8, 4) is 0 Å². The number of carbonyl (C=O) groups excluding carboxylic acids is 1. The van der Waals surface area contributed by atoms with Crippen LogP contribution in [-0.2, 0) is 13.8 Å². The van der Waals surface area contributed by atoms with E-state index in [0.717, 1.165) is 25.0 Å². The average molecular weight is 296 g/mol. The lowest BCUT2D eigenvalue weighted by Gasteiger charge is -2.07. The van der Waals surface area contributed by atoms with Crippen LogP contribution in [0.1, 0.15) is 12.8 Å². The maximum Gasteiger partial charge on any atom is 0.267 e. The van der Waals surface area contributed by atoms with Crippen LogP contribution in [0.25, 0.3) is 0 Å². The molecule has 0 unspecified atom stereocenters. The molecule has 0 spiro atoms. The molecule has 1 amide bonds. The van der Waals surface area contributed by atoms with Gasteiger partial charge in [-0.25, -0.2) is 17.2 Å². The third-order valence-electron chi connectivity index (χ3n) is 2.46. The van der Waals surface area contributed by atoms with E-state index in [1.165, 1.54) is 0 Å². The van der Waals surface area contributed by atoms with Crippen molar-refractivity contribution in [2.75, 3.05) is 5.32 Å². The topological polar surface area (TPSA) is 63.2 Å². The molecule has 1 aromatic carbocycles. The number of halogens is 3. The van der Waals surface area contributed by atoms with Gasteiger partial charge >= 0.3 is 0 Å². The second kappa shape index (κ2) is 4.47. The predicted molar refractivity (Wildman–Crippen MR) is 60.8 cm³/mol. The fourth-order valence-electron chi connectivity index (χ4n) is 1.45. The summed E-state index contributed by atoms with van der Waals surface area (Å²) in [6.07, 6.45) is 1.48. The molecule has 0 saturated heterocycles. The zero-order valence-corrected chi connectivity index (χ0v) is 10.5. The Labute approximate surface area is 106 Å². The van der Waals surface area contributed by atoms with Crippen LogP contribution < -0.4 is 5.32 Å². The molecule has 1 aliphatic rings. The summed E-state index contributed by atoms with van der Waals surface area (Å²) in [6.45, 7) is 0. The van der Waals surface area contributed by atoms with Gasteiger partial charge in [-0.05, 0) is 25.0 Å². The Bertz CT molecular complexity index is 591. The molecule has 0 heterocycles. The average Bonchev–Trinajstić information content (AvgIpc) is 2.95. The summed E-state index contributed by atoms with van der Waals surface area (Å²) >= 11 is 0. The van der Waals surface area contributed by atoms with Crippen molar-refractivity contribution in [2.24, 2.45) is 5.92 Å². The minimum atomic E-state index is -4.50. The van der Waals surface area contributed by atoms with Crippen molar-refractivity contribution < 1.29 is 22.0 Å². The monoisotopic (exact) mass is 295 g/mol. The highest BCUT2D eigenvalue weighted by molar-refractivity contribution is 8.13. The van der Waals surface area contributed by atoms with Gasteiger partial charge in [-0.1, -0.05) is 0 Å². The summed E-state index contributed by atoms with van der Waals surface area (Å²) in [7, 11) is 0.389. The molecule has 1 N–H and O–H groups in total. The first-order valence-corrected chi connectivity index (χ1v) is 7.34. The Balaban J connectivity index is 2.33. The number of hydrogen-bond acceptors (Lipinski definition) is 3. The van der Waals surface area contributed by atoms with Crippen molar-refractivity contribution in [1.29, 1.82) is 0 Å². The normalized spacial score (nSPS) is 15.5. The molecule has 0 aromatic heterocycles. The molecule has 0 bridgehead atoms. The van der Waals surface area contributed by atoms with Crippen LogP contribution in [0, 0.1) is 17.6 Å². The number of nitrogens with one attached hydrogen (secondary N) is 1. The highest BCUT2D eigenvalue weighted by Gasteiger charge is 2.30. The lowest BCUT2D eigenvalue weighted by molar-refractivity contribution is -0.117. The molecule has 0 atom stereocenters. The first kappa shape index (κ1) is 13.2. The largest absolute Gasteiger partial charge is 0.326 e. The smallest absolute Gasteiger partial charge is 0.267 e. The predicted octanol–water partition coefficient (Wildman–Crippen LogP) is 2.24. The van der Waals surface area contributed by atoms with Crippen molar-refractivity contribution in [3.63, 3.8) is 0 Å². The fourth-order valence-corrected chi connectivity index (χ4v) is 2.48. The first-order chi connectivity index (χ1) is 8.29. The highest BCUT2D eigenvalue weighted by atomic mass is 35.7. The van der Waals surface area contributed by atoms with E-state index in [4.69, 9.17) is 10.7 Å². The van der Waals surface area contributed by atoms with Crippen molar-refractivity contribution in [1.82, 2.24) is 0 Å². The molecular formula is C10H8ClF2NO3S. The maximum absolute atomic E-state index is 13.4. The van der Waals surface area contributed by atoms with Crippen LogP contribution in [0.4, 0.5) is 14.5 Å². The Morgan fingerprint density at radius 2 is 1.78 bits per heavy atom. The number of anilines is 1. The quantitative estimate of drug-likeness (QED) is 0.870. The lowest BCUT2D eigenvalue weighted by Crippen LogP contribution is -2.14. The Morgan fingerprint density at radius 1 is 1.28 bits per heavy atom. The molecule has 1 fully saturated rings. The van der Waals surface area contributed by atoms with Crippen LogP contribution in [0.15, 0.2) is 17.0 Å². The molecule has 1 aromatic rings. The molecular weight excluding hydrogens is 288 g/mol. The molecule has 2 rings (SSSR count). The van der Waals surface area contributed by atoms with Gasteiger partial charge in [-0.2, -0.15) is 0 Å².